The van der Waals surface area contributed by atoms with Crippen LogP contribution in [0, 0.1) is 6.92 Å². The van der Waals surface area contributed by atoms with Crippen molar-refractivity contribution in [2.75, 3.05) is 5.75 Å². The van der Waals surface area contributed by atoms with E-state index in [4.69, 9.17) is 0 Å². The van der Waals surface area contributed by atoms with Crippen molar-refractivity contribution in [1.82, 2.24) is 15.5 Å². The van der Waals surface area contributed by atoms with Crippen molar-refractivity contribution in [2.45, 2.75) is 13.0 Å². The molecule has 2 aromatic rings. The molecule has 0 saturated heterocycles. The van der Waals surface area contributed by atoms with Crippen LogP contribution in [0.25, 0.3) is 10.6 Å². The monoisotopic (exact) mass is 323 g/mol. The molecule has 0 unspecified atom stereocenters. The molecule has 0 spiro atoms. The predicted molar refractivity (Wildman–Crippen MR) is 80.8 cm³/mol. The Morgan fingerprint density at radius 3 is 2.90 bits per heavy atom. The van der Waals surface area contributed by atoms with Crippen LogP contribution in [0.3, 0.4) is 0 Å². The number of aromatic nitrogens is 2. The zero-order chi connectivity index (χ0) is 15.0. The lowest BCUT2D eigenvalue weighted by Gasteiger charge is -2.07. The minimum Gasteiger partial charge on any atom is -0.343 e. The van der Waals surface area contributed by atoms with E-state index in [0.29, 0.717) is 0 Å². The number of aromatic amines is 1. The van der Waals surface area contributed by atoms with Gasteiger partial charge in [-0.25, -0.2) is 8.42 Å². The first kappa shape index (κ1) is 14.0. The summed E-state index contributed by atoms with van der Waals surface area (Å²) in [5.74, 6) is -0.488. The van der Waals surface area contributed by atoms with Crippen LogP contribution in [0.1, 0.15) is 15.4 Å². The van der Waals surface area contributed by atoms with Gasteiger partial charge in [0, 0.05) is 10.3 Å². The molecular formula is C13H13N3O3S2. The maximum atomic E-state index is 12.0. The quantitative estimate of drug-likeness (QED) is 0.895. The van der Waals surface area contributed by atoms with Crippen LogP contribution in [0.5, 0.6) is 0 Å². The Kier molecular flexibility index (Phi) is 3.42. The summed E-state index contributed by atoms with van der Waals surface area (Å²) in [5.41, 5.74) is 1.02. The fourth-order valence-corrected chi connectivity index (χ4v) is 4.12. The fraction of sp³-hybridized carbons (Fsp3) is 0.231. The molecule has 1 aliphatic rings. The molecule has 3 heterocycles. The zero-order valence-corrected chi connectivity index (χ0v) is 12.8. The number of H-pyrrole nitrogens is 1. The van der Waals surface area contributed by atoms with Gasteiger partial charge in [0.1, 0.15) is 0 Å². The van der Waals surface area contributed by atoms with E-state index in [1.807, 2.05) is 19.1 Å². The van der Waals surface area contributed by atoms with Crippen molar-refractivity contribution < 1.29 is 13.2 Å². The van der Waals surface area contributed by atoms with Gasteiger partial charge in [0.15, 0.2) is 15.5 Å². The number of carbonyl (C=O) groups excluding carboxylic acids is 1. The minimum absolute atomic E-state index is 0.0971. The number of carbonyl (C=O) groups is 1. The standard InChI is InChI=1S/C13H13N3O3S2/c1-8-2-3-12(20-8)10-6-11(16-15-10)13(17)14-9-4-5-21(18,19)7-9/h2-6,9H,7H2,1H3,(H,14,17)(H,15,16)/t9-/m1/s1. The normalized spacial score (nSPS) is 19.8. The third-order valence-corrected chi connectivity index (χ3v) is 5.49. The summed E-state index contributed by atoms with van der Waals surface area (Å²) in [7, 11) is -3.18. The number of sulfone groups is 1. The van der Waals surface area contributed by atoms with Crippen molar-refractivity contribution in [3.63, 3.8) is 0 Å². The van der Waals surface area contributed by atoms with Gasteiger partial charge in [-0.15, -0.1) is 11.3 Å². The molecule has 2 N–H and O–H groups in total. The first-order valence-corrected chi connectivity index (χ1v) is 8.80. The Morgan fingerprint density at radius 2 is 2.29 bits per heavy atom. The summed E-state index contributed by atoms with van der Waals surface area (Å²) in [6, 6.07) is 5.12. The summed E-state index contributed by atoms with van der Waals surface area (Å²) in [4.78, 5) is 14.2. The van der Waals surface area contributed by atoms with Crippen LogP contribution in [-0.2, 0) is 9.84 Å². The van der Waals surface area contributed by atoms with Crippen molar-refractivity contribution in [2.24, 2.45) is 0 Å². The van der Waals surface area contributed by atoms with E-state index < -0.39 is 21.8 Å². The lowest BCUT2D eigenvalue weighted by molar-refractivity contribution is 0.0942. The van der Waals surface area contributed by atoms with Crippen LogP contribution >= 0.6 is 11.3 Å². The topological polar surface area (TPSA) is 91.9 Å². The molecule has 0 aromatic carbocycles. The van der Waals surface area contributed by atoms with Gasteiger partial charge in [-0.05, 0) is 31.2 Å². The number of thiophene rings is 1. The summed E-state index contributed by atoms with van der Waals surface area (Å²) >= 11 is 1.61. The molecular weight excluding hydrogens is 310 g/mol. The Morgan fingerprint density at radius 1 is 1.48 bits per heavy atom. The Balaban J connectivity index is 1.72. The number of rotatable bonds is 3. The zero-order valence-electron chi connectivity index (χ0n) is 11.2. The summed E-state index contributed by atoms with van der Waals surface area (Å²) in [6.45, 7) is 2.00. The third-order valence-electron chi connectivity index (χ3n) is 3.06. The Labute approximate surface area is 125 Å². The van der Waals surface area contributed by atoms with Gasteiger partial charge in [0.25, 0.3) is 5.91 Å². The van der Waals surface area contributed by atoms with E-state index in [1.54, 1.807) is 17.4 Å². The highest BCUT2D eigenvalue weighted by molar-refractivity contribution is 7.94. The van der Waals surface area contributed by atoms with E-state index in [-0.39, 0.29) is 11.4 Å². The van der Waals surface area contributed by atoms with E-state index in [0.717, 1.165) is 16.0 Å². The van der Waals surface area contributed by atoms with E-state index in [1.165, 1.54) is 11.0 Å². The summed E-state index contributed by atoms with van der Waals surface area (Å²) in [5, 5.41) is 10.6. The predicted octanol–water partition coefficient (Wildman–Crippen LogP) is 1.49. The molecule has 0 radical (unpaired) electrons. The molecule has 1 aliphatic heterocycles. The molecule has 3 rings (SSSR count). The average molecular weight is 323 g/mol. The second-order valence-corrected chi connectivity index (χ2v) is 8.03. The molecule has 2 aromatic heterocycles. The van der Waals surface area contributed by atoms with Gasteiger partial charge >= 0.3 is 0 Å². The van der Waals surface area contributed by atoms with E-state index in [9.17, 15) is 13.2 Å². The van der Waals surface area contributed by atoms with Crippen LogP contribution in [0.4, 0.5) is 0 Å². The van der Waals surface area contributed by atoms with E-state index >= 15 is 0 Å². The van der Waals surface area contributed by atoms with Crippen molar-refractivity contribution in [1.29, 1.82) is 0 Å². The maximum absolute atomic E-state index is 12.0. The number of aryl methyl sites for hydroxylation is 1. The number of hydrogen-bond acceptors (Lipinski definition) is 5. The molecule has 0 bridgehead atoms. The molecule has 8 heteroatoms. The minimum atomic E-state index is -3.18. The fourth-order valence-electron chi connectivity index (χ4n) is 2.05. The molecule has 0 aliphatic carbocycles. The molecule has 1 atom stereocenters. The molecule has 1 amide bonds. The Hall–Kier alpha value is -1.93. The highest BCUT2D eigenvalue weighted by Gasteiger charge is 2.24. The number of nitrogens with one attached hydrogen (secondary N) is 2. The molecule has 6 nitrogen and oxygen atoms in total. The molecule has 110 valence electrons. The SMILES string of the molecule is Cc1ccc(-c2cc(C(=O)N[C@@H]3C=CS(=O)(=O)C3)n[nH]2)s1. The van der Waals surface area contributed by atoms with Crippen LogP contribution in [0.2, 0.25) is 0 Å². The van der Waals surface area contributed by atoms with Gasteiger partial charge in [-0.3, -0.25) is 9.89 Å². The number of amides is 1. The van der Waals surface area contributed by atoms with Crippen LogP contribution in [-0.4, -0.2) is 36.3 Å². The smallest absolute Gasteiger partial charge is 0.272 e. The lowest BCUT2D eigenvalue weighted by Crippen LogP contribution is -2.35. The second kappa shape index (κ2) is 5.12. The van der Waals surface area contributed by atoms with Gasteiger partial charge < -0.3 is 5.32 Å². The van der Waals surface area contributed by atoms with Gasteiger partial charge in [0.05, 0.1) is 22.4 Å². The number of hydrogen-bond donors (Lipinski definition) is 2. The first-order valence-electron chi connectivity index (χ1n) is 6.27. The highest BCUT2D eigenvalue weighted by atomic mass is 32.2. The lowest BCUT2D eigenvalue weighted by atomic mass is 10.2. The summed E-state index contributed by atoms with van der Waals surface area (Å²) in [6.07, 6.45) is 1.48. The van der Waals surface area contributed by atoms with Crippen LogP contribution in [0.15, 0.2) is 29.7 Å². The largest absolute Gasteiger partial charge is 0.343 e. The van der Waals surface area contributed by atoms with Crippen LogP contribution < -0.4 is 5.32 Å². The third kappa shape index (κ3) is 3.06. The van der Waals surface area contributed by atoms with Crippen molar-refractivity contribution in [3.05, 3.63) is 40.3 Å². The second-order valence-electron chi connectivity index (χ2n) is 4.82. The van der Waals surface area contributed by atoms with Gasteiger partial charge in [-0.2, -0.15) is 5.10 Å². The first-order chi connectivity index (χ1) is 9.93. The molecule has 21 heavy (non-hydrogen) atoms. The number of nitrogens with zero attached hydrogens (tertiary/aromatic N) is 1. The van der Waals surface area contributed by atoms with Gasteiger partial charge in [-0.1, -0.05) is 0 Å². The maximum Gasteiger partial charge on any atom is 0.272 e. The Bertz CT molecular complexity index is 817. The molecule has 0 fully saturated rings. The highest BCUT2D eigenvalue weighted by Crippen LogP contribution is 2.26. The van der Waals surface area contributed by atoms with Crippen molar-refractivity contribution >= 4 is 27.1 Å². The average Bonchev–Trinajstić information content (AvgIpc) is 3.09. The summed E-state index contributed by atoms with van der Waals surface area (Å²) < 4.78 is 22.6. The van der Waals surface area contributed by atoms with Crippen molar-refractivity contribution in [3.8, 4) is 10.6 Å². The van der Waals surface area contributed by atoms with Gasteiger partial charge in [0.2, 0.25) is 0 Å². The molecule has 0 saturated carbocycles. The van der Waals surface area contributed by atoms with E-state index in [2.05, 4.69) is 15.5 Å².